The van der Waals surface area contributed by atoms with Gasteiger partial charge in [-0.15, -0.1) is 11.8 Å². The molecule has 1 aliphatic rings. The zero-order valence-electron chi connectivity index (χ0n) is 12.5. The van der Waals surface area contributed by atoms with Gasteiger partial charge in [0.2, 0.25) is 11.8 Å². The summed E-state index contributed by atoms with van der Waals surface area (Å²) in [5, 5.41) is 2.49. The number of benzene rings is 2. The van der Waals surface area contributed by atoms with E-state index in [1.54, 1.807) is 23.1 Å². The van der Waals surface area contributed by atoms with Gasteiger partial charge >= 0.3 is 0 Å². The van der Waals surface area contributed by atoms with Gasteiger partial charge in [0.15, 0.2) is 0 Å². The van der Waals surface area contributed by atoms with Crippen molar-refractivity contribution in [1.29, 1.82) is 0 Å². The van der Waals surface area contributed by atoms with Crippen molar-refractivity contribution < 1.29 is 14.0 Å². The average molecular weight is 330 g/mol. The summed E-state index contributed by atoms with van der Waals surface area (Å²) < 4.78 is 13.5. The summed E-state index contributed by atoms with van der Waals surface area (Å²) in [6.45, 7) is 1.44. The highest BCUT2D eigenvalue weighted by Gasteiger charge is 2.34. The van der Waals surface area contributed by atoms with Crippen LogP contribution in [0.25, 0.3) is 0 Å². The summed E-state index contributed by atoms with van der Waals surface area (Å²) in [7, 11) is 0. The summed E-state index contributed by atoms with van der Waals surface area (Å²) in [6, 6.07) is 13.4. The van der Waals surface area contributed by atoms with Gasteiger partial charge in [0.05, 0.1) is 5.75 Å². The van der Waals surface area contributed by atoms with E-state index in [1.807, 2.05) is 18.2 Å². The Morgan fingerprint density at radius 1 is 1.26 bits per heavy atom. The van der Waals surface area contributed by atoms with Gasteiger partial charge < -0.3 is 5.32 Å². The van der Waals surface area contributed by atoms with Gasteiger partial charge in [-0.3, -0.25) is 14.5 Å². The Labute approximate surface area is 137 Å². The van der Waals surface area contributed by atoms with Crippen molar-refractivity contribution in [2.75, 3.05) is 16.0 Å². The van der Waals surface area contributed by atoms with E-state index < -0.39 is 0 Å². The zero-order valence-corrected chi connectivity index (χ0v) is 13.3. The van der Waals surface area contributed by atoms with Crippen LogP contribution in [0.1, 0.15) is 17.9 Å². The second-order valence-corrected chi connectivity index (χ2v) is 6.28. The summed E-state index contributed by atoms with van der Waals surface area (Å²) in [6.07, 6.45) is 0. The van der Waals surface area contributed by atoms with E-state index in [0.29, 0.717) is 17.1 Å². The number of hydrogen-bond donors (Lipinski definition) is 1. The third-order valence-electron chi connectivity index (χ3n) is 3.45. The highest BCUT2D eigenvalue weighted by molar-refractivity contribution is 8.00. The Hall–Kier alpha value is -2.34. The third kappa shape index (κ3) is 3.37. The lowest BCUT2D eigenvalue weighted by Gasteiger charge is -2.24. The second-order valence-electron chi connectivity index (χ2n) is 5.21. The van der Waals surface area contributed by atoms with E-state index in [9.17, 15) is 14.0 Å². The number of amides is 2. The normalized spacial score (nSPS) is 17.4. The molecule has 0 radical (unpaired) electrons. The number of hydrogen-bond acceptors (Lipinski definition) is 3. The molecule has 0 aromatic heterocycles. The lowest BCUT2D eigenvalue weighted by Crippen LogP contribution is -2.27. The molecule has 6 heteroatoms. The number of nitrogens with one attached hydrogen (secondary N) is 1. The van der Waals surface area contributed by atoms with Gasteiger partial charge in [-0.1, -0.05) is 18.2 Å². The van der Waals surface area contributed by atoms with Gasteiger partial charge in [0.1, 0.15) is 11.2 Å². The Morgan fingerprint density at radius 3 is 2.78 bits per heavy atom. The van der Waals surface area contributed by atoms with Crippen molar-refractivity contribution in [2.24, 2.45) is 0 Å². The smallest absolute Gasteiger partial charge is 0.238 e. The van der Waals surface area contributed by atoms with Crippen LogP contribution in [-0.4, -0.2) is 17.6 Å². The van der Waals surface area contributed by atoms with Crippen molar-refractivity contribution in [1.82, 2.24) is 0 Å². The van der Waals surface area contributed by atoms with Crippen molar-refractivity contribution in [2.45, 2.75) is 12.3 Å². The first-order valence-corrected chi connectivity index (χ1v) is 8.16. The van der Waals surface area contributed by atoms with Crippen molar-refractivity contribution >= 4 is 35.0 Å². The molecule has 23 heavy (non-hydrogen) atoms. The quantitative estimate of drug-likeness (QED) is 0.936. The number of carbonyl (C=O) groups excluding carboxylic acids is 2. The van der Waals surface area contributed by atoms with Crippen LogP contribution in [0.15, 0.2) is 48.5 Å². The first-order valence-electron chi connectivity index (χ1n) is 7.11. The SMILES string of the molecule is CC(=O)Nc1cccc(C2SCC(=O)N2c2cccc(F)c2)c1. The van der Waals surface area contributed by atoms with E-state index in [0.717, 1.165) is 5.56 Å². The predicted molar refractivity (Wildman–Crippen MR) is 89.8 cm³/mol. The van der Waals surface area contributed by atoms with E-state index >= 15 is 0 Å². The first kappa shape index (κ1) is 15.6. The van der Waals surface area contributed by atoms with Gasteiger partial charge in [-0.25, -0.2) is 4.39 Å². The number of rotatable bonds is 3. The molecule has 1 atom stereocenters. The van der Waals surface area contributed by atoms with Crippen molar-refractivity contribution in [3.05, 3.63) is 59.9 Å². The number of anilines is 2. The molecule has 1 saturated heterocycles. The van der Waals surface area contributed by atoms with E-state index in [2.05, 4.69) is 5.32 Å². The molecule has 3 rings (SSSR count). The minimum Gasteiger partial charge on any atom is -0.326 e. The molecule has 2 aromatic carbocycles. The first-order chi connectivity index (χ1) is 11.0. The maximum absolute atomic E-state index is 13.5. The lowest BCUT2D eigenvalue weighted by molar-refractivity contribution is -0.116. The summed E-state index contributed by atoms with van der Waals surface area (Å²) in [5.74, 6) is -0.251. The van der Waals surface area contributed by atoms with Crippen LogP contribution in [0.5, 0.6) is 0 Å². The largest absolute Gasteiger partial charge is 0.326 e. The molecule has 0 spiro atoms. The highest BCUT2D eigenvalue weighted by Crippen LogP contribution is 2.42. The Bertz CT molecular complexity index is 766. The number of carbonyl (C=O) groups is 2. The van der Waals surface area contributed by atoms with E-state index in [1.165, 1.54) is 30.8 Å². The molecule has 0 saturated carbocycles. The van der Waals surface area contributed by atoms with Crippen LogP contribution in [0, 0.1) is 5.82 Å². The topological polar surface area (TPSA) is 49.4 Å². The molecule has 4 nitrogen and oxygen atoms in total. The molecule has 2 aromatic rings. The molecular weight excluding hydrogens is 315 g/mol. The lowest BCUT2D eigenvalue weighted by atomic mass is 10.1. The standard InChI is InChI=1S/C17H15FN2O2S/c1-11(21)19-14-6-2-4-12(8-14)17-20(16(22)10-23-17)15-7-3-5-13(18)9-15/h2-9,17H,10H2,1H3,(H,19,21). The fraction of sp³-hybridized carbons (Fsp3) is 0.176. The molecule has 1 N–H and O–H groups in total. The molecule has 0 bridgehead atoms. The molecule has 0 aliphatic carbocycles. The van der Waals surface area contributed by atoms with Gasteiger partial charge in [-0.05, 0) is 35.9 Å². The number of nitrogens with zero attached hydrogens (tertiary/aromatic N) is 1. The number of halogens is 1. The summed E-state index contributed by atoms with van der Waals surface area (Å²) in [5.41, 5.74) is 2.10. The van der Waals surface area contributed by atoms with Crippen LogP contribution in [0.2, 0.25) is 0 Å². The van der Waals surface area contributed by atoms with Crippen molar-refractivity contribution in [3.8, 4) is 0 Å². The number of thioether (sulfide) groups is 1. The van der Waals surface area contributed by atoms with Crippen LogP contribution in [0.3, 0.4) is 0 Å². The van der Waals surface area contributed by atoms with E-state index in [4.69, 9.17) is 0 Å². The minimum atomic E-state index is -0.377. The van der Waals surface area contributed by atoms with Crippen LogP contribution >= 0.6 is 11.8 Å². The fourth-order valence-electron chi connectivity index (χ4n) is 2.55. The van der Waals surface area contributed by atoms with Crippen LogP contribution < -0.4 is 10.2 Å². The monoisotopic (exact) mass is 330 g/mol. The predicted octanol–water partition coefficient (Wildman–Crippen LogP) is 3.56. The molecular formula is C17H15FN2O2S. The van der Waals surface area contributed by atoms with Gasteiger partial charge in [-0.2, -0.15) is 0 Å². The summed E-state index contributed by atoms with van der Waals surface area (Å²) in [4.78, 5) is 25.0. The second kappa shape index (κ2) is 6.42. The van der Waals surface area contributed by atoms with Gasteiger partial charge in [0, 0.05) is 18.3 Å². The zero-order chi connectivity index (χ0) is 16.4. The molecule has 1 aliphatic heterocycles. The third-order valence-corrected chi connectivity index (χ3v) is 4.66. The molecule has 1 heterocycles. The molecule has 1 unspecified atom stereocenters. The van der Waals surface area contributed by atoms with Gasteiger partial charge in [0.25, 0.3) is 0 Å². The molecule has 1 fully saturated rings. The Kier molecular flexibility index (Phi) is 4.34. The maximum atomic E-state index is 13.5. The van der Waals surface area contributed by atoms with Crippen LogP contribution in [-0.2, 0) is 9.59 Å². The van der Waals surface area contributed by atoms with Crippen molar-refractivity contribution in [3.63, 3.8) is 0 Å². The molecule has 118 valence electrons. The van der Waals surface area contributed by atoms with E-state index in [-0.39, 0.29) is 23.0 Å². The fourth-order valence-corrected chi connectivity index (χ4v) is 3.72. The molecule has 2 amide bonds. The maximum Gasteiger partial charge on any atom is 0.238 e. The average Bonchev–Trinajstić information content (AvgIpc) is 2.88. The Balaban J connectivity index is 1.95. The Morgan fingerprint density at radius 2 is 2.04 bits per heavy atom. The minimum absolute atomic E-state index is 0.0597. The van der Waals surface area contributed by atoms with Crippen LogP contribution in [0.4, 0.5) is 15.8 Å². The summed E-state index contributed by atoms with van der Waals surface area (Å²) >= 11 is 1.48. The highest BCUT2D eigenvalue weighted by atomic mass is 32.2.